The van der Waals surface area contributed by atoms with Gasteiger partial charge in [-0.2, -0.15) is 5.10 Å². The number of hydrazone groups is 1. The van der Waals surface area contributed by atoms with E-state index >= 15 is 0 Å². The molecule has 1 aromatic heterocycles. The Hall–Kier alpha value is -2.24. The van der Waals surface area contributed by atoms with Crippen LogP contribution in [0.1, 0.15) is 9.75 Å². The highest BCUT2D eigenvalue weighted by molar-refractivity contribution is 8.00. The van der Waals surface area contributed by atoms with Gasteiger partial charge in [0, 0.05) is 29.3 Å². The lowest BCUT2D eigenvalue weighted by atomic mass is 10.4. The van der Waals surface area contributed by atoms with E-state index in [0.717, 1.165) is 24.5 Å². The van der Waals surface area contributed by atoms with Gasteiger partial charge in [0.25, 0.3) is 0 Å². The molecule has 0 fully saturated rings. The van der Waals surface area contributed by atoms with E-state index in [-0.39, 0.29) is 11.8 Å². The van der Waals surface area contributed by atoms with Crippen LogP contribution in [0.25, 0.3) is 0 Å². The minimum atomic E-state index is -0.204. The number of thiophene rings is 1. The molecule has 0 saturated heterocycles. The van der Waals surface area contributed by atoms with Gasteiger partial charge >= 0.3 is 0 Å². The largest absolute Gasteiger partial charge is 0.294 e. The summed E-state index contributed by atoms with van der Waals surface area (Å²) in [4.78, 5) is 29.7. The standard InChI is InChI=1S/C22H22N4O2S4/c1-15-2-3-20(31-15)12-24-26-22(28)14-30-17-6-10-19(11-7-17)32-18-8-4-16(5-9-18)29-13-21(27)25-23/h2-12H,13-14,23H2,1H3,(H,25,27)(H,26,28). The van der Waals surface area contributed by atoms with Crippen LogP contribution in [0.15, 0.2) is 85.3 Å². The number of nitrogens with two attached hydrogens (primary N) is 1. The van der Waals surface area contributed by atoms with Crippen molar-refractivity contribution in [1.82, 2.24) is 10.9 Å². The van der Waals surface area contributed by atoms with Gasteiger partial charge < -0.3 is 0 Å². The molecule has 0 aliphatic carbocycles. The Bertz CT molecular complexity index is 1070. The zero-order valence-corrected chi connectivity index (χ0v) is 20.5. The molecule has 3 rings (SSSR count). The van der Waals surface area contributed by atoms with Crippen molar-refractivity contribution in [3.05, 3.63) is 70.4 Å². The number of rotatable bonds is 10. The maximum atomic E-state index is 12.0. The third kappa shape index (κ3) is 8.36. The number of thioether (sulfide) groups is 2. The Morgan fingerprint density at radius 3 is 1.91 bits per heavy atom. The first-order chi connectivity index (χ1) is 15.5. The lowest BCUT2D eigenvalue weighted by Gasteiger charge is -2.05. The van der Waals surface area contributed by atoms with Crippen molar-refractivity contribution in [2.75, 3.05) is 11.5 Å². The summed E-state index contributed by atoms with van der Waals surface area (Å²) in [7, 11) is 0. The number of nitrogens with zero attached hydrogens (tertiary/aromatic N) is 1. The predicted molar refractivity (Wildman–Crippen MR) is 136 cm³/mol. The molecule has 0 radical (unpaired) electrons. The lowest BCUT2D eigenvalue weighted by Crippen LogP contribution is -2.31. The molecule has 2 aromatic carbocycles. The highest BCUT2D eigenvalue weighted by Crippen LogP contribution is 2.31. The number of amides is 2. The lowest BCUT2D eigenvalue weighted by molar-refractivity contribution is -0.119. The SMILES string of the molecule is Cc1ccc(C=NNC(=O)CSc2ccc(Sc3ccc(SCC(=O)NN)cc3)cc2)s1. The smallest absolute Gasteiger partial charge is 0.250 e. The molecule has 0 spiro atoms. The normalized spacial score (nSPS) is 10.9. The molecule has 10 heteroatoms. The zero-order valence-electron chi connectivity index (χ0n) is 17.2. The van der Waals surface area contributed by atoms with Gasteiger partial charge in [-0.25, -0.2) is 11.3 Å². The molecule has 32 heavy (non-hydrogen) atoms. The third-order valence-corrected chi connectivity index (χ3v) is 7.90. The monoisotopic (exact) mass is 502 g/mol. The molecular weight excluding hydrogens is 481 g/mol. The van der Waals surface area contributed by atoms with Crippen LogP contribution in [0.3, 0.4) is 0 Å². The van der Waals surface area contributed by atoms with Gasteiger partial charge in [-0.05, 0) is 67.6 Å². The van der Waals surface area contributed by atoms with Gasteiger partial charge in [0.05, 0.1) is 17.7 Å². The zero-order chi connectivity index (χ0) is 22.8. The molecule has 0 atom stereocenters. The Morgan fingerprint density at radius 2 is 1.41 bits per heavy atom. The molecule has 0 aliphatic rings. The van der Waals surface area contributed by atoms with Gasteiger partial charge in [0.2, 0.25) is 11.8 Å². The predicted octanol–water partition coefficient (Wildman–Crippen LogP) is 4.53. The van der Waals surface area contributed by atoms with Gasteiger partial charge in [0.15, 0.2) is 0 Å². The topological polar surface area (TPSA) is 96.6 Å². The number of aryl methyl sites for hydroxylation is 1. The summed E-state index contributed by atoms with van der Waals surface area (Å²) < 4.78 is 0. The summed E-state index contributed by atoms with van der Waals surface area (Å²) in [6.45, 7) is 2.03. The molecule has 0 aliphatic heterocycles. The van der Waals surface area contributed by atoms with Crippen molar-refractivity contribution in [3.63, 3.8) is 0 Å². The molecule has 4 N–H and O–H groups in total. The first-order valence-corrected chi connectivity index (χ1v) is 13.1. The molecule has 3 aromatic rings. The van der Waals surface area contributed by atoms with Crippen LogP contribution in [0.5, 0.6) is 0 Å². The van der Waals surface area contributed by atoms with Crippen molar-refractivity contribution >= 4 is 64.7 Å². The Balaban J connectivity index is 1.42. The van der Waals surface area contributed by atoms with Crippen molar-refractivity contribution in [2.24, 2.45) is 10.9 Å². The van der Waals surface area contributed by atoms with Gasteiger partial charge in [0.1, 0.15) is 0 Å². The maximum Gasteiger partial charge on any atom is 0.250 e. The van der Waals surface area contributed by atoms with E-state index in [2.05, 4.69) is 16.0 Å². The van der Waals surface area contributed by atoms with Crippen LogP contribution in [0.4, 0.5) is 0 Å². The molecule has 0 unspecified atom stereocenters. The fourth-order valence-electron chi connectivity index (χ4n) is 2.41. The van der Waals surface area contributed by atoms with E-state index in [9.17, 15) is 9.59 Å². The fourth-order valence-corrected chi connectivity index (χ4v) is 5.37. The van der Waals surface area contributed by atoms with Crippen LogP contribution in [0, 0.1) is 6.92 Å². The first kappa shape index (κ1) is 24.4. The molecule has 0 bridgehead atoms. The van der Waals surface area contributed by atoms with E-state index in [1.807, 2.05) is 67.6 Å². The second-order valence-corrected chi connectivity index (χ2v) is 11.0. The van der Waals surface area contributed by atoms with Crippen molar-refractivity contribution in [3.8, 4) is 0 Å². The molecule has 1 heterocycles. The van der Waals surface area contributed by atoms with Crippen LogP contribution < -0.4 is 16.7 Å². The third-order valence-electron chi connectivity index (χ3n) is 3.93. The number of hydrogen-bond donors (Lipinski definition) is 3. The highest BCUT2D eigenvalue weighted by Gasteiger charge is 2.04. The van der Waals surface area contributed by atoms with Crippen molar-refractivity contribution in [1.29, 1.82) is 0 Å². The average molecular weight is 503 g/mol. The van der Waals surface area contributed by atoms with Gasteiger partial charge in [-0.15, -0.1) is 34.9 Å². The number of carbonyl (C=O) groups excluding carboxylic acids is 2. The van der Waals surface area contributed by atoms with E-state index in [1.54, 1.807) is 29.3 Å². The summed E-state index contributed by atoms with van der Waals surface area (Å²) in [5, 5.41) is 4.00. The number of hydrogen-bond acceptors (Lipinski definition) is 8. The molecule has 6 nitrogen and oxygen atoms in total. The van der Waals surface area contributed by atoms with E-state index in [4.69, 9.17) is 5.84 Å². The number of nitrogens with one attached hydrogen (secondary N) is 2. The summed E-state index contributed by atoms with van der Waals surface area (Å²) in [6.07, 6.45) is 1.66. The van der Waals surface area contributed by atoms with Crippen LogP contribution in [-0.4, -0.2) is 29.5 Å². The average Bonchev–Trinajstić information content (AvgIpc) is 3.22. The second-order valence-electron chi connectivity index (χ2n) is 6.43. The van der Waals surface area contributed by atoms with Crippen LogP contribution in [-0.2, 0) is 9.59 Å². The summed E-state index contributed by atoms with van der Waals surface area (Å²) in [6, 6.07) is 20.1. The fraction of sp³-hybridized carbons (Fsp3) is 0.136. The second kappa shape index (κ2) is 12.7. The van der Waals surface area contributed by atoms with Crippen molar-refractivity contribution in [2.45, 2.75) is 26.5 Å². The molecule has 166 valence electrons. The summed E-state index contributed by atoms with van der Waals surface area (Å²) in [5.41, 5.74) is 4.68. The van der Waals surface area contributed by atoms with E-state index in [0.29, 0.717) is 11.5 Å². The van der Waals surface area contributed by atoms with Crippen molar-refractivity contribution < 1.29 is 9.59 Å². The summed E-state index contributed by atoms with van der Waals surface area (Å²) in [5.74, 6) is 5.34. The minimum Gasteiger partial charge on any atom is -0.294 e. The van der Waals surface area contributed by atoms with Gasteiger partial charge in [-0.1, -0.05) is 11.8 Å². The molecular formula is C22H22N4O2S4. The van der Waals surface area contributed by atoms with E-state index in [1.165, 1.54) is 28.4 Å². The number of carbonyl (C=O) groups is 2. The molecule has 2 amide bonds. The van der Waals surface area contributed by atoms with Crippen LogP contribution in [0.2, 0.25) is 0 Å². The van der Waals surface area contributed by atoms with E-state index < -0.39 is 0 Å². The Kier molecular flexibility index (Phi) is 9.69. The Morgan fingerprint density at radius 1 is 0.875 bits per heavy atom. The quantitative estimate of drug-likeness (QED) is 0.124. The highest BCUT2D eigenvalue weighted by atomic mass is 32.2. The first-order valence-electron chi connectivity index (χ1n) is 9.53. The van der Waals surface area contributed by atoms with Gasteiger partial charge in [-0.3, -0.25) is 15.0 Å². The number of benzene rings is 2. The Labute approximate surface area is 203 Å². The molecule has 0 saturated carbocycles. The minimum absolute atomic E-state index is 0.139. The number of hydrazine groups is 1. The maximum absolute atomic E-state index is 12.0. The summed E-state index contributed by atoms with van der Waals surface area (Å²) >= 11 is 6.19. The van der Waals surface area contributed by atoms with Crippen LogP contribution >= 0.6 is 46.6 Å².